The van der Waals surface area contributed by atoms with Crippen LogP contribution < -0.4 is 10.3 Å². The minimum atomic E-state index is -0.364. The van der Waals surface area contributed by atoms with Gasteiger partial charge in [0.15, 0.2) is 10.9 Å². The Hall–Kier alpha value is -3.78. The van der Waals surface area contributed by atoms with Crippen LogP contribution in [-0.4, -0.2) is 38.4 Å². The number of Topliss-reactive ketones (excluding diaryl/α,β-unsaturated/α-hetero) is 1. The molecule has 0 aliphatic carbocycles. The van der Waals surface area contributed by atoms with E-state index in [4.69, 9.17) is 4.74 Å². The van der Waals surface area contributed by atoms with E-state index in [0.717, 1.165) is 17.8 Å². The van der Waals surface area contributed by atoms with E-state index in [-0.39, 0.29) is 34.2 Å². The molecule has 0 fully saturated rings. The van der Waals surface area contributed by atoms with Crippen molar-refractivity contribution in [2.45, 2.75) is 5.16 Å². The highest BCUT2D eigenvalue weighted by molar-refractivity contribution is 7.99. The predicted molar refractivity (Wildman–Crippen MR) is 119 cm³/mol. The quantitative estimate of drug-likeness (QED) is 0.270. The van der Waals surface area contributed by atoms with Gasteiger partial charge in [0.1, 0.15) is 17.2 Å². The minimum absolute atomic E-state index is 0.0712. The SMILES string of the molecule is COc1ccccc1-n1c(SCC(=O)c2ccc(O)cc2O)nc2ccccc2c1=O. The van der Waals surface area contributed by atoms with Crippen LogP contribution in [0.5, 0.6) is 17.2 Å². The van der Waals surface area contributed by atoms with Crippen LogP contribution in [0, 0.1) is 0 Å². The van der Waals surface area contributed by atoms with E-state index in [1.807, 2.05) is 0 Å². The van der Waals surface area contributed by atoms with Crippen molar-refractivity contribution in [1.29, 1.82) is 0 Å². The van der Waals surface area contributed by atoms with Crippen LogP contribution in [0.25, 0.3) is 16.6 Å². The summed E-state index contributed by atoms with van der Waals surface area (Å²) < 4.78 is 6.85. The average Bonchev–Trinajstić information content (AvgIpc) is 2.77. The maximum absolute atomic E-state index is 13.3. The van der Waals surface area contributed by atoms with Gasteiger partial charge in [-0.05, 0) is 36.4 Å². The van der Waals surface area contributed by atoms with Crippen molar-refractivity contribution < 1.29 is 19.7 Å². The first kappa shape index (κ1) is 20.5. The second-order valence-electron chi connectivity index (χ2n) is 6.64. The Labute approximate surface area is 181 Å². The van der Waals surface area contributed by atoms with Crippen LogP contribution in [0.15, 0.2) is 76.7 Å². The number of ketones is 1. The monoisotopic (exact) mass is 434 g/mol. The molecular formula is C23H18N2O5S. The molecule has 31 heavy (non-hydrogen) atoms. The van der Waals surface area contributed by atoms with Gasteiger partial charge < -0.3 is 14.9 Å². The van der Waals surface area contributed by atoms with Gasteiger partial charge >= 0.3 is 0 Å². The number of hydrogen-bond donors (Lipinski definition) is 2. The maximum Gasteiger partial charge on any atom is 0.266 e. The molecule has 0 aliphatic rings. The highest BCUT2D eigenvalue weighted by Gasteiger charge is 2.19. The van der Waals surface area contributed by atoms with Crippen LogP contribution in [-0.2, 0) is 0 Å². The van der Waals surface area contributed by atoms with E-state index in [0.29, 0.717) is 27.5 Å². The number of ether oxygens (including phenoxy) is 1. The average molecular weight is 434 g/mol. The molecule has 8 heteroatoms. The van der Waals surface area contributed by atoms with E-state index in [1.54, 1.807) is 48.5 Å². The molecule has 0 spiro atoms. The Balaban J connectivity index is 1.79. The highest BCUT2D eigenvalue weighted by atomic mass is 32.2. The highest BCUT2D eigenvalue weighted by Crippen LogP contribution is 2.29. The number of hydrogen-bond acceptors (Lipinski definition) is 7. The molecule has 4 aromatic rings. The molecule has 0 saturated carbocycles. The second-order valence-corrected chi connectivity index (χ2v) is 7.58. The first-order valence-corrected chi connectivity index (χ1v) is 10.3. The number of rotatable bonds is 6. The standard InChI is InChI=1S/C23H18N2O5S/c1-30-21-9-5-4-8-18(21)25-22(29)15-6-2-3-7-17(15)24-23(25)31-13-20(28)16-11-10-14(26)12-19(16)27/h2-12,26-27H,13H2,1H3. The Morgan fingerprint density at radius 3 is 2.58 bits per heavy atom. The lowest BCUT2D eigenvalue weighted by molar-refractivity contribution is 0.102. The Morgan fingerprint density at radius 1 is 1.06 bits per heavy atom. The number of phenolic OH excluding ortho intramolecular Hbond substituents is 2. The van der Waals surface area contributed by atoms with Gasteiger partial charge in [0.2, 0.25) is 0 Å². The van der Waals surface area contributed by atoms with Crippen molar-refractivity contribution in [2.24, 2.45) is 0 Å². The molecule has 0 unspecified atom stereocenters. The molecular weight excluding hydrogens is 416 g/mol. The van der Waals surface area contributed by atoms with Crippen molar-refractivity contribution >= 4 is 28.4 Å². The molecule has 0 radical (unpaired) electrons. The summed E-state index contributed by atoms with van der Waals surface area (Å²) in [5, 5.41) is 20.2. The third-order valence-electron chi connectivity index (χ3n) is 4.69. The lowest BCUT2D eigenvalue weighted by Crippen LogP contribution is -2.22. The normalized spacial score (nSPS) is 10.9. The summed E-state index contributed by atoms with van der Waals surface area (Å²) in [6, 6.07) is 17.9. The number of fused-ring (bicyclic) bond motifs is 1. The molecule has 1 aromatic heterocycles. The second kappa shape index (κ2) is 8.53. The number of aromatic nitrogens is 2. The largest absolute Gasteiger partial charge is 0.508 e. The molecule has 0 saturated heterocycles. The van der Waals surface area contributed by atoms with Crippen molar-refractivity contribution in [3.8, 4) is 22.9 Å². The Kier molecular flexibility index (Phi) is 5.64. The number of benzene rings is 3. The molecule has 156 valence electrons. The summed E-state index contributed by atoms with van der Waals surface area (Å²) in [5.41, 5.74) is 0.826. The van der Waals surface area contributed by atoms with Gasteiger partial charge in [0.25, 0.3) is 5.56 Å². The van der Waals surface area contributed by atoms with Gasteiger partial charge in [0, 0.05) is 6.07 Å². The van der Waals surface area contributed by atoms with E-state index in [1.165, 1.54) is 23.8 Å². The van der Waals surface area contributed by atoms with Gasteiger partial charge in [-0.25, -0.2) is 4.98 Å². The summed E-state index contributed by atoms with van der Waals surface area (Å²) in [6.45, 7) is 0. The lowest BCUT2D eigenvalue weighted by Gasteiger charge is -2.15. The zero-order valence-corrected chi connectivity index (χ0v) is 17.3. The van der Waals surface area contributed by atoms with Crippen LogP contribution in [0.2, 0.25) is 0 Å². The maximum atomic E-state index is 13.3. The molecule has 0 atom stereocenters. The Morgan fingerprint density at radius 2 is 1.81 bits per heavy atom. The lowest BCUT2D eigenvalue weighted by atomic mass is 10.1. The number of methoxy groups -OCH3 is 1. The topological polar surface area (TPSA) is 102 Å². The summed E-state index contributed by atoms with van der Waals surface area (Å²) in [7, 11) is 1.52. The summed E-state index contributed by atoms with van der Waals surface area (Å²) in [5.74, 6) is -0.386. The van der Waals surface area contributed by atoms with Crippen LogP contribution in [0.1, 0.15) is 10.4 Å². The van der Waals surface area contributed by atoms with Crippen LogP contribution >= 0.6 is 11.8 Å². The molecule has 0 aliphatic heterocycles. The van der Waals surface area contributed by atoms with Crippen LogP contribution in [0.3, 0.4) is 0 Å². The molecule has 2 N–H and O–H groups in total. The van der Waals surface area contributed by atoms with Crippen molar-refractivity contribution in [3.63, 3.8) is 0 Å². The smallest absolute Gasteiger partial charge is 0.266 e. The summed E-state index contributed by atoms with van der Waals surface area (Å²) in [6.07, 6.45) is 0. The van der Waals surface area contributed by atoms with Crippen LogP contribution in [0.4, 0.5) is 0 Å². The molecule has 0 amide bonds. The number of phenols is 2. The first-order chi connectivity index (χ1) is 15.0. The fourth-order valence-corrected chi connectivity index (χ4v) is 4.09. The zero-order valence-electron chi connectivity index (χ0n) is 16.5. The number of thioether (sulfide) groups is 1. The number of carbonyl (C=O) groups is 1. The van der Waals surface area contributed by atoms with Crippen molar-refractivity contribution in [1.82, 2.24) is 9.55 Å². The summed E-state index contributed by atoms with van der Waals surface area (Å²) in [4.78, 5) is 30.6. The first-order valence-electron chi connectivity index (χ1n) is 9.32. The molecule has 3 aromatic carbocycles. The predicted octanol–water partition coefficient (Wildman–Crippen LogP) is 3.78. The number of carbonyl (C=O) groups excluding carboxylic acids is 1. The number of para-hydroxylation sites is 3. The molecule has 4 rings (SSSR count). The van der Waals surface area contributed by atoms with E-state index in [2.05, 4.69) is 4.98 Å². The van der Waals surface area contributed by atoms with Gasteiger partial charge in [-0.3, -0.25) is 14.2 Å². The molecule has 1 heterocycles. The molecule has 0 bridgehead atoms. The van der Waals surface area contributed by atoms with E-state index in [9.17, 15) is 19.8 Å². The Bertz CT molecular complexity index is 1350. The summed E-state index contributed by atoms with van der Waals surface area (Å²) >= 11 is 1.08. The fraction of sp³-hybridized carbons (Fsp3) is 0.0870. The third-order valence-corrected chi connectivity index (χ3v) is 5.62. The van der Waals surface area contributed by atoms with Crippen molar-refractivity contribution in [3.05, 3.63) is 82.6 Å². The fourth-order valence-electron chi connectivity index (χ4n) is 3.20. The number of aromatic hydroxyl groups is 2. The van der Waals surface area contributed by atoms with E-state index >= 15 is 0 Å². The minimum Gasteiger partial charge on any atom is -0.508 e. The van der Waals surface area contributed by atoms with Gasteiger partial charge in [-0.1, -0.05) is 36.0 Å². The third kappa shape index (κ3) is 3.97. The van der Waals surface area contributed by atoms with Gasteiger partial charge in [-0.2, -0.15) is 0 Å². The molecule has 7 nitrogen and oxygen atoms in total. The van der Waals surface area contributed by atoms with Gasteiger partial charge in [0.05, 0.1) is 35.0 Å². The zero-order chi connectivity index (χ0) is 22.0. The van der Waals surface area contributed by atoms with Crippen molar-refractivity contribution in [2.75, 3.05) is 12.9 Å². The van der Waals surface area contributed by atoms with Gasteiger partial charge in [-0.15, -0.1) is 0 Å². The number of nitrogens with zero attached hydrogens (tertiary/aromatic N) is 2. The van der Waals surface area contributed by atoms with E-state index < -0.39 is 0 Å².